The second kappa shape index (κ2) is 11.9. The Bertz CT molecular complexity index is 2900. The third kappa shape index (κ3) is 4.74. The number of nitrogens with zero attached hydrogens (tertiary/aromatic N) is 5. The second-order valence-corrected chi connectivity index (χ2v) is 13.4. The van der Waals surface area contributed by atoms with Gasteiger partial charge in [0.2, 0.25) is 0 Å². The van der Waals surface area contributed by atoms with Gasteiger partial charge in [-0.15, -0.1) is 0 Å². The summed E-state index contributed by atoms with van der Waals surface area (Å²) in [5, 5.41) is 6.17. The lowest BCUT2D eigenvalue weighted by molar-refractivity contribution is 1.04. The molecule has 3 aromatic heterocycles. The molecule has 0 saturated heterocycles. The van der Waals surface area contributed by atoms with E-state index in [1.807, 2.05) is 60.7 Å². The molecule has 0 aliphatic rings. The molecule has 0 radical (unpaired) electrons. The normalized spacial score (nSPS) is 11.7. The van der Waals surface area contributed by atoms with E-state index in [4.69, 9.17) is 15.0 Å². The second-order valence-electron chi connectivity index (χ2n) is 13.4. The molecule has 0 spiro atoms. The average molecular weight is 668 g/mol. The number of para-hydroxylation sites is 1. The zero-order valence-corrected chi connectivity index (χ0v) is 28.8. The van der Waals surface area contributed by atoms with Gasteiger partial charge in [0.1, 0.15) is 0 Å². The Kier molecular flexibility index (Phi) is 6.86. The summed E-state index contributed by atoms with van der Waals surface area (Å²) in [6, 6.07) is 57.5. The molecule has 7 aromatic carbocycles. The van der Waals surface area contributed by atoms with Crippen molar-refractivity contribution in [3.8, 4) is 45.5 Å². The first-order chi connectivity index (χ1) is 25.6. The quantitative estimate of drug-likeness (QED) is 0.184. The number of benzene rings is 7. The molecule has 5 nitrogen and oxygen atoms in total. The van der Waals surface area contributed by atoms with Crippen molar-refractivity contribution in [3.05, 3.63) is 175 Å². The predicted octanol–water partition coefficient (Wildman–Crippen LogP) is 11.7. The van der Waals surface area contributed by atoms with E-state index in [0.717, 1.165) is 33.4 Å². The lowest BCUT2D eigenvalue weighted by Gasteiger charge is -2.12. The monoisotopic (exact) mass is 667 g/mol. The van der Waals surface area contributed by atoms with E-state index in [-0.39, 0.29) is 0 Å². The molecule has 52 heavy (non-hydrogen) atoms. The summed E-state index contributed by atoms with van der Waals surface area (Å²) in [5.41, 5.74) is 11.1. The van der Waals surface area contributed by atoms with Crippen LogP contribution in [0.25, 0.3) is 89.0 Å². The topological polar surface area (TPSA) is 48.5 Å². The molecule has 246 valence electrons. The number of rotatable bonds is 5. The number of hydrogen-bond donors (Lipinski definition) is 0. The Morgan fingerprint density at radius 2 is 0.923 bits per heavy atom. The Balaban J connectivity index is 1.24. The minimum Gasteiger partial charge on any atom is -0.314 e. The summed E-state index contributed by atoms with van der Waals surface area (Å²) in [6.07, 6.45) is 0. The van der Waals surface area contributed by atoms with Crippen LogP contribution in [0.3, 0.4) is 0 Å². The number of fused-ring (bicyclic) bond motifs is 6. The van der Waals surface area contributed by atoms with Crippen molar-refractivity contribution in [2.45, 2.75) is 13.8 Å². The molecule has 0 atom stereocenters. The maximum Gasteiger partial charge on any atom is 0.164 e. The fourth-order valence-electron chi connectivity index (χ4n) is 7.76. The van der Waals surface area contributed by atoms with Crippen LogP contribution < -0.4 is 0 Å². The van der Waals surface area contributed by atoms with Crippen molar-refractivity contribution >= 4 is 43.5 Å². The van der Waals surface area contributed by atoms with E-state index in [1.165, 1.54) is 49.4 Å². The Morgan fingerprint density at radius 3 is 1.62 bits per heavy atom. The Hall–Kier alpha value is -6.85. The van der Waals surface area contributed by atoms with Crippen LogP contribution in [0.4, 0.5) is 0 Å². The maximum atomic E-state index is 5.05. The smallest absolute Gasteiger partial charge is 0.164 e. The molecule has 0 aliphatic carbocycles. The summed E-state index contributed by atoms with van der Waals surface area (Å²) in [5.74, 6) is 1.93. The first kappa shape index (κ1) is 30.0. The van der Waals surface area contributed by atoms with Crippen LogP contribution in [0, 0.1) is 13.8 Å². The molecule has 0 amide bonds. The number of aromatic nitrogens is 5. The molecule has 0 bridgehead atoms. The van der Waals surface area contributed by atoms with Crippen LogP contribution in [0.2, 0.25) is 0 Å². The molecule has 10 rings (SSSR count). The lowest BCUT2D eigenvalue weighted by atomic mass is 10.0. The summed E-state index contributed by atoms with van der Waals surface area (Å²) in [6.45, 7) is 4.46. The Labute approximate surface area is 301 Å². The molecule has 10 aromatic rings. The zero-order valence-electron chi connectivity index (χ0n) is 28.8. The summed E-state index contributed by atoms with van der Waals surface area (Å²) in [7, 11) is 0. The molecule has 0 fully saturated rings. The maximum absolute atomic E-state index is 5.05. The SMILES string of the molecule is Cc1c(C)n(-c2ccccc2)c2cc3c4c5ccccc5ccc4n(-c4cccc(-c5nc(-c6ccccc6)nc(-c6ccccc6)n5)c4)c3cc12. The molecule has 0 saturated carbocycles. The van der Waals surface area contributed by atoms with Gasteiger partial charge in [-0.05, 0) is 72.6 Å². The minimum absolute atomic E-state index is 0.634. The Morgan fingerprint density at radius 1 is 0.385 bits per heavy atom. The molecule has 3 heterocycles. The van der Waals surface area contributed by atoms with Crippen LogP contribution in [-0.4, -0.2) is 24.1 Å². The van der Waals surface area contributed by atoms with E-state index >= 15 is 0 Å². The molecule has 0 unspecified atom stereocenters. The molecular weight excluding hydrogens is 635 g/mol. The van der Waals surface area contributed by atoms with Crippen molar-refractivity contribution in [1.29, 1.82) is 0 Å². The highest BCUT2D eigenvalue weighted by molar-refractivity contribution is 6.23. The molecule has 5 heteroatoms. The number of hydrogen-bond acceptors (Lipinski definition) is 3. The highest BCUT2D eigenvalue weighted by Gasteiger charge is 2.21. The standard InChI is InChI=1S/C47H33N5/c1-30-31(2)51(36-21-10-5-11-22-36)42-29-40-43(28-39(30)42)52(41-26-25-32-15-12-13-24-38(32)44(40)41)37-23-14-20-35(27-37)47-49-45(33-16-6-3-7-17-33)48-46(50-47)34-18-8-4-9-19-34/h3-29H,1-2H3. The van der Waals surface area contributed by atoms with Crippen molar-refractivity contribution < 1.29 is 0 Å². The van der Waals surface area contributed by atoms with Crippen molar-refractivity contribution in [3.63, 3.8) is 0 Å². The zero-order chi connectivity index (χ0) is 34.8. The molecule has 0 N–H and O–H groups in total. The average Bonchev–Trinajstić information content (AvgIpc) is 3.67. The molecule has 0 aliphatic heterocycles. The van der Waals surface area contributed by atoms with Crippen LogP contribution in [-0.2, 0) is 0 Å². The van der Waals surface area contributed by atoms with Gasteiger partial charge in [-0.1, -0.05) is 121 Å². The number of aryl methyl sites for hydroxylation is 1. The van der Waals surface area contributed by atoms with Crippen LogP contribution >= 0.6 is 0 Å². The van der Waals surface area contributed by atoms with E-state index in [1.54, 1.807) is 0 Å². The van der Waals surface area contributed by atoms with Crippen LogP contribution in [0.5, 0.6) is 0 Å². The van der Waals surface area contributed by atoms with Gasteiger partial charge >= 0.3 is 0 Å². The van der Waals surface area contributed by atoms with E-state index < -0.39 is 0 Å². The lowest BCUT2D eigenvalue weighted by Crippen LogP contribution is -2.01. The highest BCUT2D eigenvalue weighted by atomic mass is 15.0. The fourth-order valence-corrected chi connectivity index (χ4v) is 7.76. The van der Waals surface area contributed by atoms with E-state index in [2.05, 4.69) is 126 Å². The summed E-state index contributed by atoms with van der Waals surface area (Å²) in [4.78, 5) is 15.0. The van der Waals surface area contributed by atoms with E-state index in [0.29, 0.717) is 17.5 Å². The summed E-state index contributed by atoms with van der Waals surface area (Å²) >= 11 is 0. The van der Waals surface area contributed by atoms with Gasteiger partial charge in [0.05, 0.1) is 16.6 Å². The first-order valence-corrected chi connectivity index (χ1v) is 17.6. The molecular formula is C47H33N5. The summed E-state index contributed by atoms with van der Waals surface area (Å²) < 4.78 is 4.81. The first-order valence-electron chi connectivity index (χ1n) is 17.6. The van der Waals surface area contributed by atoms with Gasteiger partial charge in [-0.3, -0.25) is 0 Å². The highest BCUT2D eigenvalue weighted by Crippen LogP contribution is 2.41. The van der Waals surface area contributed by atoms with Crippen molar-refractivity contribution in [1.82, 2.24) is 24.1 Å². The van der Waals surface area contributed by atoms with Gasteiger partial charge in [0.15, 0.2) is 17.5 Å². The van der Waals surface area contributed by atoms with E-state index in [9.17, 15) is 0 Å². The van der Waals surface area contributed by atoms with Crippen molar-refractivity contribution in [2.75, 3.05) is 0 Å². The minimum atomic E-state index is 0.634. The van der Waals surface area contributed by atoms with Crippen molar-refractivity contribution in [2.24, 2.45) is 0 Å². The van der Waals surface area contributed by atoms with Crippen LogP contribution in [0.15, 0.2) is 164 Å². The van der Waals surface area contributed by atoms with Gasteiger partial charge < -0.3 is 9.13 Å². The van der Waals surface area contributed by atoms with Gasteiger partial charge in [-0.25, -0.2) is 15.0 Å². The van der Waals surface area contributed by atoms with Gasteiger partial charge in [0.25, 0.3) is 0 Å². The predicted molar refractivity (Wildman–Crippen MR) is 214 cm³/mol. The third-order valence-corrected chi connectivity index (χ3v) is 10.4. The van der Waals surface area contributed by atoms with Gasteiger partial charge in [-0.2, -0.15) is 0 Å². The third-order valence-electron chi connectivity index (χ3n) is 10.4. The largest absolute Gasteiger partial charge is 0.314 e. The van der Waals surface area contributed by atoms with Gasteiger partial charge in [0, 0.05) is 49.9 Å². The fraction of sp³-hybridized carbons (Fsp3) is 0.0426. The van der Waals surface area contributed by atoms with Crippen LogP contribution in [0.1, 0.15) is 11.3 Å².